The molecular weight excluding hydrogens is 337 g/mol. The number of nitro groups is 1. The predicted octanol–water partition coefficient (Wildman–Crippen LogP) is 4.04. The molecule has 10 heteroatoms. The van der Waals surface area contributed by atoms with E-state index in [1.54, 1.807) is 5.43 Å². The van der Waals surface area contributed by atoms with Crippen LogP contribution in [0.5, 0.6) is 0 Å². The third kappa shape index (κ3) is 3.16. The average molecular weight is 345 g/mol. The van der Waals surface area contributed by atoms with Gasteiger partial charge in [0.2, 0.25) is 5.82 Å². The molecule has 0 aliphatic rings. The lowest BCUT2D eigenvalue weighted by molar-refractivity contribution is -0.385. The SMILES string of the molecule is Cc1ccc(/C=N\Nc2c(F)c(F)c(F)c(F)c2F)cc1[N+](=O)[O-]. The summed E-state index contributed by atoms with van der Waals surface area (Å²) in [6.07, 6.45) is 0.935. The van der Waals surface area contributed by atoms with E-state index in [0.717, 1.165) is 12.3 Å². The molecule has 0 saturated heterocycles. The summed E-state index contributed by atoms with van der Waals surface area (Å²) in [5.74, 6) is -10.7. The van der Waals surface area contributed by atoms with Crippen LogP contribution in [0.3, 0.4) is 0 Å². The molecule has 2 aromatic carbocycles. The topological polar surface area (TPSA) is 67.5 Å². The predicted molar refractivity (Wildman–Crippen MR) is 75.3 cm³/mol. The van der Waals surface area contributed by atoms with E-state index < -0.39 is 39.7 Å². The Bertz CT molecular complexity index is 826. The quantitative estimate of drug-likeness (QED) is 0.227. The van der Waals surface area contributed by atoms with Gasteiger partial charge in [-0.15, -0.1) is 0 Å². The summed E-state index contributed by atoms with van der Waals surface area (Å²) >= 11 is 0. The highest BCUT2D eigenvalue weighted by molar-refractivity contribution is 5.81. The van der Waals surface area contributed by atoms with Gasteiger partial charge >= 0.3 is 0 Å². The Hall–Kier alpha value is -3.04. The van der Waals surface area contributed by atoms with Crippen LogP contribution in [-0.4, -0.2) is 11.1 Å². The molecule has 0 bridgehead atoms. The van der Waals surface area contributed by atoms with E-state index in [-0.39, 0.29) is 11.3 Å². The molecule has 2 rings (SSSR count). The van der Waals surface area contributed by atoms with Gasteiger partial charge in [-0.1, -0.05) is 12.1 Å². The molecule has 126 valence electrons. The number of nitrogens with one attached hydrogen (secondary N) is 1. The summed E-state index contributed by atoms with van der Waals surface area (Å²) in [6, 6.07) is 3.98. The smallest absolute Gasteiger partial charge is 0.272 e. The maximum Gasteiger partial charge on any atom is 0.272 e. The molecule has 0 spiro atoms. The standard InChI is InChI=1S/C14H8F5N3O2/c1-6-2-3-7(4-8(6)22(23)24)5-20-21-14-12(18)10(16)9(15)11(17)13(14)19/h2-5,21H,1H3/b20-5-. The lowest BCUT2D eigenvalue weighted by Crippen LogP contribution is -2.06. The van der Waals surface area contributed by atoms with Gasteiger partial charge in [0.1, 0.15) is 5.69 Å². The van der Waals surface area contributed by atoms with Gasteiger partial charge in [-0.3, -0.25) is 15.5 Å². The van der Waals surface area contributed by atoms with Crippen molar-refractivity contribution in [2.75, 3.05) is 5.43 Å². The zero-order valence-corrected chi connectivity index (χ0v) is 11.9. The minimum absolute atomic E-state index is 0.184. The third-order valence-electron chi connectivity index (χ3n) is 3.03. The molecular formula is C14H8F5N3O2. The van der Waals surface area contributed by atoms with Gasteiger partial charge in [0.05, 0.1) is 11.1 Å². The number of nitro benzene ring substituents is 1. The largest absolute Gasteiger partial charge is 0.272 e. The first-order chi connectivity index (χ1) is 11.2. The maximum absolute atomic E-state index is 13.4. The van der Waals surface area contributed by atoms with Crippen LogP contribution in [0.1, 0.15) is 11.1 Å². The third-order valence-corrected chi connectivity index (χ3v) is 3.03. The van der Waals surface area contributed by atoms with Crippen molar-refractivity contribution < 1.29 is 26.9 Å². The fraction of sp³-hybridized carbons (Fsp3) is 0.0714. The molecule has 1 N–H and O–H groups in total. The van der Waals surface area contributed by atoms with Gasteiger partial charge < -0.3 is 0 Å². The molecule has 0 unspecified atom stereocenters. The summed E-state index contributed by atoms with van der Waals surface area (Å²) in [5.41, 5.74) is 0.726. The highest BCUT2D eigenvalue weighted by Crippen LogP contribution is 2.27. The Kier molecular flexibility index (Phi) is 4.77. The highest BCUT2D eigenvalue weighted by atomic mass is 19.2. The first-order valence-corrected chi connectivity index (χ1v) is 6.29. The van der Waals surface area contributed by atoms with Crippen molar-refractivity contribution >= 4 is 17.6 Å². The van der Waals surface area contributed by atoms with Gasteiger partial charge in [-0.05, 0) is 6.92 Å². The van der Waals surface area contributed by atoms with Crippen molar-refractivity contribution in [1.29, 1.82) is 0 Å². The van der Waals surface area contributed by atoms with Gasteiger partial charge in [-0.25, -0.2) is 22.0 Å². The van der Waals surface area contributed by atoms with Crippen LogP contribution in [-0.2, 0) is 0 Å². The van der Waals surface area contributed by atoms with Gasteiger partial charge in [-0.2, -0.15) is 5.10 Å². The molecule has 0 fully saturated rings. The number of hydrazone groups is 1. The van der Waals surface area contributed by atoms with Crippen LogP contribution < -0.4 is 5.43 Å². The Labute approximate surface area is 131 Å². The van der Waals surface area contributed by atoms with Crippen molar-refractivity contribution in [3.63, 3.8) is 0 Å². The monoisotopic (exact) mass is 345 g/mol. The van der Waals surface area contributed by atoms with Crippen molar-refractivity contribution in [1.82, 2.24) is 0 Å². The molecule has 0 radical (unpaired) electrons. The number of aryl methyl sites for hydroxylation is 1. The Morgan fingerprint density at radius 2 is 1.58 bits per heavy atom. The fourth-order valence-electron chi connectivity index (χ4n) is 1.78. The van der Waals surface area contributed by atoms with Crippen LogP contribution >= 0.6 is 0 Å². The van der Waals surface area contributed by atoms with E-state index >= 15 is 0 Å². The fourth-order valence-corrected chi connectivity index (χ4v) is 1.78. The maximum atomic E-state index is 13.4. The van der Waals surface area contributed by atoms with Crippen molar-refractivity contribution in [2.45, 2.75) is 6.92 Å². The number of anilines is 1. The summed E-state index contributed by atoms with van der Waals surface area (Å²) in [7, 11) is 0. The van der Waals surface area contributed by atoms with Crippen LogP contribution in [0.4, 0.5) is 33.3 Å². The van der Waals surface area contributed by atoms with Crippen LogP contribution in [0.25, 0.3) is 0 Å². The van der Waals surface area contributed by atoms with Crippen LogP contribution in [0.15, 0.2) is 23.3 Å². The zero-order valence-electron chi connectivity index (χ0n) is 11.9. The molecule has 5 nitrogen and oxygen atoms in total. The van der Waals surface area contributed by atoms with E-state index in [1.165, 1.54) is 19.1 Å². The molecule has 0 aromatic heterocycles. The molecule has 0 aliphatic carbocycles. The van der Waals surface area contributed by atoms with Gasteiger partial charge in [0.15, 0.2) is 23.3 Å². The lowest BCUT2D eigenvalue weighted by atomic mass is 10.1. The van der Waals surface area contributed by atoms with Gasteiger partial charge in [0.25, 0.3) is 5.69 Å². The molecule has 0 heterocycles. The van der Waals surface area contributed by atoms with E-state index in [9.17, 15) is 32.1 Å². The molecule has 2 aromatic rings. The van der Waals surface area contributed by atoms with Crippen molar-refractivity contribution in [3.05, 3.63) is 68.5 Å². The second kappa shape index (κ2) is 6.60. The van der Waals surface area contributed by atoms with Crippen molar-refractivity contribution in [3.8, 4) is 0 Å². The Morgan fingerprint density at radius 1 is 1.04 bits per heavy atom. The molecule has 0 saturated carbocycles. The minimum Gasteiger partial charge on any atom is -0.272 e. The molecule has 0 aliphatic heterocycles. The number of benzene rings is 2. The van der Waals surface area contributed by atoms with Gasteiger partial charge in [0, 0.05) is 17.2 Å². The van der Waals surface area contributed by atoms with E-state index in [2.05, 4.69) is 5.10 Å². The molecule has 0 amide bonds. The number of nitrogens with zero attached hydrogens (tertiary/aromatic N) is 2. The minimum atomic E-state index is -2.28. The molecule has 24 heavy (non-hydrogen) atoms. The molecule has 0 atom stereocenters. The van der Waals surface area contributed by atoms with E-state index in [4.69, 9.17) is 0 Å². The lowest BCUT2D eigenvalue weighted by Gasteiger charge is -2.07. The first kappa shape index (κ1) is 17.3. The van der Waals surface area contributed by atoms with Crippen molar-refractivity contribution in [2.24, 2.45) is 5.10 Å². The summed E-state index contributed by atoms with van der Waals surface area (Å²) in [6.45, 7) is 1.51. The Balaban J connectivity index is 2.31. The van der Waals surface area contributed by atoms with E-state index in [1.807, 2.05) is 0 Å². The van der Waals surface area contributed by atoms with Crippen LogP contribution in [0.2, 0.25) is 0 Å². The second-order valence-corrected chi connectivity index (χ2v) is 4.62. The normalized spacial score (nSPS) is 11.1. The average Bonchev–Trinajstić information content (AvgIpc) is 2.55. The summed E-state index contributed by atoms with van der Waals surface area (Å²) < 4.78 is 65.7. The first-order valence-electron chi connectivity index (χ1n) is 6.29. The van der Waals surface area contributed by atoms with E-state index in [0.29, 0.717) is 5.56 Å². The number of halogens is 5. The highest BCUT2D eigenvalue weighted by Gasteiger charge is 2.25. The summed E-state index contributed by atoms with van der Waals surface area (Å²) in [4.78, 5) is 10.2. The van der Waals surface area contributed by atoms with Crippen LogP contribution in [0, 0.1) is 46.1 Å². The number of rotatable bonds is 4. The number of hydrogen-bond acceptors (Lipinski definition) is 4. The summed E-state index contributed by atoms with van der Waals surface area (Å²) in [5, 5.41) is 14.1. The second-order valence-electron chi connectivity index (χ2n) is 4.62. The zero-order chi connectivity index (χ0) is 18.0. The number of hydrogen-bond donors (Lipinski definition) is 1. The Morgan fingerprint density at radius 3 is 2.12 bits per heavy atom.